The second kappa shape index (κ2) is 19.2. The number of carboxylic acid groups (broad SMARTS) is 1. The number of hydrogen-bond acceptors (Lipinski definition) is 10. The highest BCUT2D eigenvalue weighted by Gasteiger charge is 2.32. The zero-order valence-electron chi connectivity index (χ0n) is 23.2. The molecule has 0 saturated carbocycles. The van der Waals surface area contributed by atoms with Crippen molar-refractivity contribution in [1.82, 2.24) is 21.3 Å². The number of rotatable bonds is 20. The van der Waals surface area contributed by atoms with Crippen LogP contribution in [0.4, 0.5) is 0 Å². The number of carbonyl (C=O) groups excluding carboxylic acids is 5. The van der Waals surface area contributed by atoms with Crippen LogP contribution in [0.25, 0.3) is 0 Å². The van der Waals surface area contributed by atoms with E-state index >= 15 is 0 Å². The van der Waals surface area contributed by atoms with Gasteiger partial charge in [0.25, 0.3) is 0 Å². The second-order valence-corrected chi connectivity index (χ2v) is 10.3. The number of nitrogens with two attached hydrogens (primary N) is 3. The lowest BCUT2D eigenvalue weighted by Gasteiger charge is -2.26. The number of unbranched alkanes of at least 4 members (excludes halogenated alkanes) is 1. The maximum absolute atomic E-state index is 13.2. The van der Waals surface area contributed by atoms with Crippen LogP contribution in [0.2, 0.25) is 0 Å². The summed E-state index contributed by atoms with van der Waals surface area (Å²) < 4.78 is 0. The Hall–Kier alpha value is -2.95. The molecule has 12 N–H and O–H groups in total. The summed E-state index contributed by atoms with van der Waals surface area (Å²) >= 11 is 4.02. The molecule has 0 aromatic rings. The van der Waals surface area contributed by atoms with Crippen LogP contribution in [0.1, 0.15) is 59.3 Å². The third-order valence-corrected chi connectivity index (χ3v) is 6.19. The van der Waals surface area contributed by atoms with Crippen LogP contribution in [0.5, 0.6) is 0 Å². The molecule has 0 aliphatic rings. The van der Waals surface area contributed by atoms with Gasteiger partial charge in [-0.05, 0) is 45.1 Å². The number of nitrogens with one attached hydrogen (secondary N) is 4. The van der Waals surface area contributed by atoms with E-state index in [-0.39, 0.29) is 30.9 Å². The van der Waals surface area contributed by atoms with Crippen molar-refractivity contribution in [1.29, 1.82) is 0 Å². The van der Waals surface area contributed by atoms with E-state index in [0.29, 0.717) is 25.8 Å². The van der Waals surface area contributed by atoms with E-state index in [9.17, 15) is 39.0 Å². The molecule has 0 aliphatic heterocycles. The van der Waals surface area contributed by atoms with Crippen LogP contribution in [0, 0.1) is 5.92 Å². The third-order valence-electron chi connectivity index (χ3n) is 5.82. The molecule has 5 amide bonds. The molecule has 40 heavy (non-hydrogen) atoms. The number of aliphatic hydroxyl groups is 1. The average molecular weight is 592 g/mol. The minimum atomic E-state index is -1.64. The number of amides is 5. The fourth-order valence-electron chi connectivity index (χ4n) is 3.56. The Kier molecular flexibility index (Phi) is 17.8. The number of aliphatic carboxylic acids is 1. The summed E-state index contributed by atoms with van der Waals surface area (Å²) in [4.78, 5) is 74.1. The molecule has 230 valence electrons. The van der Waals surface area contributed by atoms with Gasteiger partial charge in [-0.15, -0.1) is 0 Å². The number of primary amides is 1. The van der Waals surface area contributed by atoms with Gasteiger partial charge in [0, 0.05) is 12.2 Å². The zero-order chi connectivity index (χ0) is 31.0. The molecular weight excluding hydrogens is 546 g/mol. The Bertz CT molecular complexity index is 874. The fourth-order valence-corrected chi connectivity index (χ4v) is 3.82. The van der Waals surface area contributed by atoms with Gasteiger partial charge in [-0.3, -0.25) is 24.0 Å². The predicted octanol–water partition coefficient (Wildman–Crippen LogP) is -2.91. The fraction of sp³-hybridized carbons (Fsp3) is 0.750. The Morgan fingerprint density at radius 2 is 1.32 bits per heavy atom. The van der Waals surface area contributed by atoms with Crippen LogP contribution in [0.15, 0.2) is 0 Å². The van der Waals surface area contributed by atoms with Crippen molar-refractivity contribution in [2.24, 2.45) is 23.1 Å². The first-order valence-corrected chi connectivity index (χ1v) is 13.7. The van der Waals surface area contributed by atoms with E-state index < -0.39 is 71.8 Å². The minimum Gasteiger partial charge on any atom is -0.480 e. The molecule has 0 unspecified atom stereocenters. The molecule has 15 nitrogen and oxygen atoms in total. The van der Waals surface area contributed by atoms with E-state index in [4.69, 9.17) is 17.2 Å². The number of carbonyl (C=O) groups is 6. The number of thiol groups is 1. The van der Waals surface area contributed by atoms with E-state index in [1.54, 1.807) is 0 Å². The topological polar surface area (TPSA) is 269 Å². The van der Waals surface area contributed by atoms with Crippen LogP contribution >= 0.6 is 12.6 Å². The van der Waals surface area contributed by atoms with Gasteiger partial charge in [-0.1, -0.05) is 20.3 Å². The SMILES string of the molecule is CC(C)C[C@H](NC(=O)[C@@H](N)CCCCN)C(=O)N[C@@H](CCC(N)=O)C(=O)N[C@@H](CS)C(=O)N[C@H](C(=O)O)[C@@H](C)O. The molecule has 0 radical (unpaired) electrons. The maximum atomic E-state index is 13.2. The lowest BCUT2D eigenvalue weighted by Crippen LogP contribution is -2.59. The van der Waals surface area contributed by atoms with Crippen LogP contribution in [-0.2, 0) is 28.8 Å². The summed E-state index contributed by atoms with van der Waals surface area (Å²) in [5.74, 6) is -5.60. The average Bonchev–Trinajstić information content (AvgIpc) is 2.86. The summed E-state index contributed by atoms with van der Waals surface area (Å²) in [7, 11) is 0. The molecule has 0 saturated heterocycles. The van der Waals surface area contributed by atoms with E-state index in [2.05, 4.69) is 33.9 Å². The number of carboxylic acids is 1. The Labute approximate surface area is 239 Å². The zero-order valence-corrected chi connectivity index (χ0v) is 24.1. The van der Waals surface area contributed by atoms with Crippen molar-refractivity contribution in [3.05, 3.63) is 0 Å². The molecule has 16 heteroatoms. The Morgan fingerprint density at radius 3 is 1.80 bits per heavy atom. The minimum absolute atomic E-state index is 0.0317. The molecule has 0 spiro atoms. The molecular formula is C24H45N7O8S. The van der Waals surface area contributed by atoms with Gasteiger partial charge in [0.2, 0.25) is 29.5 Å². The first-order valence-electron chi connectivity index (χ1n) is 13.1. The highest BCUT2D eigenvalue weighted by atomic mass is 32.1. The summed E-state index contributed by atoms with van der Waals surface area (Å²) in [5.41, 5.74) is 16.6. The standard InChI is InChI=1S/C24H45N7O8S/c1-12(2)10-16(29-20(34)14(26)6-4-5-9-25)22(36)28-15(7-8-18(27)33)21(35)30-17(11-40)23(37)31-19(13(3)32)24(38)39/h12-17,19,32,40H,4-11,25-26H2,1-3H3,(H2,27,33)(H,28,36)(H,29,34)(H,30,35)(H,31,37)(H,38,39)/t13-,14+,15+,16+,17+,19+/m1/s1. The van der Waals surface area contributed by atoms with Gasteiger partial charge >= 0.3 is 5.97 Å². The van der Waals surface area contributed by atoms with E-state index in [0.717, 1.165) is 0 Å². The maximum Gasteiger partial charge on any atom is 0.328 e. The third kappa shape index (κ3) is 14.4. The van der Waals surface area contributed by atoms with Crippen molar-refractivity contribution < 1.29 is 39.0 Å². The molecule has 0 bridgehead atoms. The van der Waals surface area contributed by atoms with Gasteiger partial charge in [0.05, 0.1) is 12.1 Å². The largest absolute Gasteiger partial charge is 0.480 e. The summed E-state index contributed by atoms with van der Waals surface area (Å²) in [6.07, 6.45) is -0.0299. The molecule has 0 aromatic heterocycles. The highest BCUT2D eigenvalue weighted by molar-refractivity contribution is 7.80. The van der Waals surface area contributed by atoms with Gasteiger partial charge in [-0.2, -0.15) is 12.6 Å². The molecule has 0 aromatic carbocycles. The smallest absolute Gasteiger partial charge is 0.328 e. The Morgan fingerprint density at radius 1 is 0.800 bits per heavy atom. The van der Waals surface area contributed by atoms with Crippen LogP contribution in [0.3, 0.4) is 0 Å². The lowest BCUT2D eigenvalue weighted by atomic mass is 10.0. The monoisotopic (exact) mass is 591 g/mol. The first kappa shape index (κ1) is 37.0. The lowest BCUT2D eigenvalue weighted by molar-refractivity contribution is -0.145. The summed E-state index contributed by atoms with van der Waals surface area (Å²) in [6, 6.07) is -6.24. The first-order chi connectivity index (χ1) is 18.6. The second-order valence-electron chi connectivity index (χ2n) is 9.96. The van der Waals surface area contributed by atoms with Crippen LogP contribution < -0.4 is 38.5 Å². The summed E-state index contributed by atoms with van der Waals surface area (Å²) in [5, 5.41) is 28.4. The van der Waals surface area contributed by atoms with E-state index in [1.165, 1.54) is 6.92 Å². The highest BCUT2D eigenvalue weighted by Crippen LogP contribution is 2.09. The molecule has 0 rings (SSSR count). The van der Waals surface area contributed by atoms with Crippen molar-refractivity contribution in [2.45, 2.75) is 95.6 Å². The van der Waals surface area contributed by atoms with Crippen molar-refractivity contribution in [3.8, 4) is 0 Å². The van der Waals surface area contributed by atoms with Crippen molar-refractivity contribution in [3.63, 3.8) is 0 Å². The normalized spacial score (nSPS) is 15.6. The molecule has 6 atom stereocenters. The van der Waals surface area contributed by atoms with E-state index in [1.807, 2.05) is 13.8 Å². The van der Waals surface area contributed by atoms with Crippen molar-refractivity contribution >= 4 is 48.1 Å². The Balaban J connectivity index is 5.67. The van der Waals surface area contributed by atoms with Gasteiger partial charge in [-0.25, -0.2) is 4.79 Å². The van der Waals surface area contributed by atoms with Gasteiger partial charge < -0.3 is 48.7 Å². The molecule has 0 fully saturated rings. The predicted molar refractivity (Wildman–Crippen MR) is 150 cm³/mol. The van der Waals surface area contributed by atoms with Crippen molar-refractivity contribution in [2.75, 3.05) is 12.3 Å². The number of hydrogen-bond donors (Lipinski definition) is 10. The van der Waals surface area contributed by atoms with Crippen LogP contribution in [-0.4, -0.2) is 94.3 Å². The van der Waals surface area contributed by atoms with Gasteiger partial charge in [0.1, 0.15) is 18.1 Å². The number of aliphatic hydroxyl groups excluding tert-OH is 1. The quantitative estimate of drug-likeness (QED) is 0.0509. The molecule has 0 heterocycles. The summed E-state index contributed by atoms with van der Waals surface area (Å²) in [6.45, 7) is 5.29. The molecule has 0 aliphatic carbocycles. The van der Waals surface area contributed by atoms with Gasteiger partial charge in [0.15, 0.2) is 6.04 Å².